The topological polar surface area (TPSA) is 63.9 Å². The largest absolute Gasteiger partial charge is 0.340 e. The zero-order chi connectivity index (χ0) is 17.9. The molecule has 2 aromatic carbocycles. The van der Waals surface area contributed by atoms with E-state index >= 15 is 0 Å². The van der Waals surface area contributed by atoms with E-state index in [0.717, 1.165) is 31.5 Å². The molecule has 0 spiro atoms. The minimum atomic E-state index is -0.656. The van der Waals surface area contributed by atoms with Crippen LogP contribution in [-0.2, 0) is 4.79 Å². The molecule has 0 aliphatic carbocycles. The molecule has 1 aromatic heterocycles. The molecule has 0 unspecified atom stereocenters. The third kappa shape index (κ3) is 3.20. The summed E-state index contributed by atoms with van der Waals surface area (Å²) in [5.74, 6) is 0.00410. The van der Waals surface area contributed by atoms with Crippen LogP contribution in [0.3, 0.4) is 0 Å². The summed E-state index contributed by atoms with van der Waals surface area (Å²) in [4.78, 5) is 16.3. The number of tetrazole rings is 1. The maximum atomic E-state index is 13.1. The lowest BCUT2D eigenvalue weighted by atomic mass is 10.1. The van der Waals surface area contributed by atoms with Crippen LogP contribution in [0.2, 0.25) is 0 Å². The van der Waals surface area contributed by atoms with E-state index in [2.05, 4.69) is 15.4 Å². The SMILES string of the molecule is O=C([C@@H](c1ccccc1)n1nnc(-c2ccc(F)cc2)n1)N1CCCC1. The molecule has 1 aliphatic heterocycles. The van der Waals surface area contributed by atoms with Crippen LogP contribution in [0.4, 0.5) is 4.39 Å². The van der Waals surface area contributed by atoms with Crippen LogP contribution in [-0.4, -0.2) is 44.1 Å². The first-order chi connectivity index (χ1) is 12.7. The lowest BCUT2D eigenvalue weighted by Gasteiger charge is -2.22. The molecule has 132 valence electrons. The van der Waals surface area contributed by atoms with Crippen molar-refractivity contribution in [1.29, 1.82) is 0 Å². The van der Waals surface area contributed by atoms with Gasteiger partial charge in [0.05, 0.1) is 0 Å². The summed E-state index contributed by atoms with van der Waals surface area (Å²) in [6.07, 6.45) is 2.03. The summed E-state index contributed by atoms with van der Waals surface area (Å²) in [7, 11) is 0. The van der Waals surface area contributed by atoms with Gasteiger partial charge in [0.1, 0.15) is 5.82 Å². The zero-order valence-corrected chi connectivity index (χ0v) is 14.1. The molecule has 0 radical (unpaired) electrons. The van der Waals surface area contributed by atoms with Crippen molar-refractivity contribution in [2.45, 2.75) is 18.9 Å². The van der Waals surface area contributed by atoms with Crippen molar-refractivity contribution in [3.8, 4) is 11.4 Å². The predicted octanol–water partition coefficient (Wildman–Crippen LogP) is 2.69. The fraction of sp³-hybridized carbons (Fsp3) is 0.263. The van der Waals surface area contributed by atoms with Gasteiger partial charge in [-0.2, -0.15) is 0 Å². The first kappa shape index (κ1) is 16.4. The minimum Gasteiger partial charge on any atom is -0.340 e. The molecule has 0 bridgehead atoms. The van der Waals surface area contributed by atoms with Crippen molar-refractivity contribution in [2.75, 3.05) is 13.1 Å². The predicted molar refractivity (Wildman–Crippen MR) is 93.6 cm³/mol. The Morgan fingerprint density at radius 3 is 2.38 bits per heavy atom. The van der Waals surface area contributed by atoms with Gasteiger partial charge in [-0.1, -0.05) is 30.3 Å². The lowest BCUT2D eigenvalue weighted by Crippen LogP contribution is -2.36. The monoisotopic (exact) mass is 351 g/mol. The van der Waals surface area contributed by atoms with E-state index in [-0.39, 0.29) is 11.7 Å². The molecule has 1 saturated heterocycles. The Morgan fingerprint density at radius 2 is 1.69 bits per heavy atom. The average Bonchev–Trinajstić information content (AvgIpc) is 3.36. The van der Waals surface area contributed by atoms with Crippen LogP contribution in [0.25, 0.3) is 11.4 Å². The van der Waals surface area contributed by atoms with Crippen LogP contribution < -0.4 is 0 Å². The number of amides is 1. The van der Waals surface area contributed by atoms with Crippen molar-refractivity contribution in [3.63, 3.8) is 0 Å². The first-order valence-corrected chi connectivity index (χ1v) is 8.61. The van der Waals surface area contributed by atoms with Crippen molar-refractivity contribution in [1.82, 2.24) is 25.1 Å². The first-order valence-electron chi connectivity index (χ1n) is 8.61. The van der Waals surface area contributed by atoms with Gasteiger partial charge in [-0.3, -0.25) is 4.79 Å². The molecule has 26 heavy (non-hydrogen) atoms. The van der Waals surface area contributed by atoms with Crippen LogP contribution in [0.5, 0.6) is 0 Å². The van der Waals surface area contributed by atoms with Crippen molar-refractivity contribution in [2.24, 2.45) is 0 Å². The van der Waals surface area contributed by atoms with Crippen LogP contribution in [0.1, 0.15) is 24.4 Å². The summed E-state index contributed by atoms with van der Waals surface area (Å²) in [5, 5.41) is 12.6. The molecule has 2 heterocycles. The van der Waals surface area contributed by atoms with Crippen molar-refractivity contribution >= 4 is 5.91 Å². The molecule has 4 rings (SSSR count). The number of halogens is 1. The molecule has 0 N–H and O–H groups in total. The second-order valence-electron chi connectivity index (χ2n) is 6.29. The molecule has 0 saturated carbocycles. The molecule has 1 fully saturated rings. The van der Waals surface area contributed by atoms with Crippen molar-refractivity contribution in [3.05, 3.63) is 66.0 Å². The summed E-state index contributed by atoms with van der Waals surface area (Å²) < 4.78 is 13.1. The molecule has 3 aromatic rings. The van der Waals surface area contributed by atoms with Crippen LogP contribution in [0, 0.1) is 5.82 Å². The van der Waals surface area contributed by atoms with Crippen LogP contribution >= 0.6 is 0 Å². The number of rotatable bonds is 4. The average molecular weight is 351 g/mol. The summed E-state index contributed by atoms with van der Waals surface area (Å²) in [6, 6.07) is 14.7. The molecule has 6 nitrogen and oxygen atoms in total. The van der Waals surface area contributed by atoms with Gasteiger partial charge in [0.2, 0.25) is 5.82 Å². The van der Waals surface area contributed by atoms with Gasteiger partial charge in [-0.05, 0) is 47.9 Å². The van der Waals surface area contributed by atoms with E-state index < -0.39 is 6.04 Å². The third-order valence-electron chi connectivity index (χ3n) is 4.53. The normalized spacial score (nSPS) is 15.2. The third-order valence-corrected chi connectivity index (χ3v) is 4.53. The quantitative estimate of drug-likeness (QED) is 0.725. The fourth-order valence-corrected chi connectivity index (χ4v) is 3.17. The highest BCUT2D eigenvalue weighted by atomic mass is 19.1. The summed E-state index contributed by atoms with van der Waals surface area (Å²) in [6.45, 7) is 1.50. The molecule has 1 aliphatic rings. The molecule has 7 heteroatoms. The fourth-order valence-electron chi connectivity index (χ4n) is 3.17. The van der Waals surface area contributed by atoms with Gasteiger partial charge in [0, 0.05) is 18.7 Å². The van der Waals surface area contributed by atoms with Crippen molar-refractivity contribution < 1.29 is 9.18 Å². The van der Waals surface area contributed by atoms with E-state index in [0.29, 0.717) is 11.4 Å². The maximum absolute atomic E-state index is 13.1. The Bertz CT molecular complexity index is 888. The van der Waals surface area contributed by atoms with Gasteiger partial charge < -0.3 is 4.90 Å². The molecular formula is C19H18FN5O. The molecule has 1 atom stereocenters. The van der Waals surface area contributed by atoms with Gasteiger partial charge in [-0.15, -0.1) is 15.0 Å². The van der Waals surface area contributed by atoms with Gasteiger partial charge in [-0.25, -0.2) is 4.39 Å². The number of aromatic nitrogens is 4. The number of likely N-dealkylation sites (tertiary alicyclic amines) is 1. The van der Waals surface area contributed by atoms with Gasteiger partial charge in [0.15, 0.2) is 6.04 Å². The van der Waals surface area contributed by atoms with Gasteiger partial charge >= 0.3 is 0 Å². The van der Waals surface area contributed by atoms with Crippen LogP contribution in [0.15, 0.2) is 54.6 Å². The molecular weight excluding hydrogens is 333 g/mol. The van der Waals surface area contributed by atoms with E-state index in [4.69, 9.17) is 0 Å². The van der Waals surface area contributed by atoms with E-state index in [1.807, 2.05) is 35.2 Å². The summed E-state index contributed by atoms with van der Waals surface area (Å²) >= 11 is 0. The number of carbonyl (C=O) groups is 1. The highest BCUT2D eigenvalue weighted by molar-refractivity contribution is 5.83. The Labute approximate surface area is 150 Å². The lowest BCUT2D eigenvalue weighted by molar-refractivity contribution is -0.133. The second kappa shape index (κ2) is 7.03. The Balaban J connectivity index is 1.70. The minimum absolute atomic E-state index is 0.0308. The number of benzene rings is 2. The number of hydrogen-bond donors (Lipinski definition) is 0. The molecule has 1 amide bonds. The zero-order valence-electron chi connectivity index (χ0n) is 14.1. The highest BCUT2D eigenvalue weighted by Gasteiger charge is 2.31. The van der Waals surface area contributed by atoms with E-state index in [1.165, 1.54) is 16.9 Å². The van der Waals surface area contributed by atoms with Gasteiger partial charge in [0.25, 0.3) is 5.91 Å². The number of nitrogens with zero attached hydrogens (tertiary/aromatic N) is 5. The number of hydrogen-bond acceptors (Lipinski definition) is 4. The Kier molecular flexibility index (Phi) is 4.43. The Hall–Kier alpha value is -3.09. The summed E-state index contributed by atoms with van der Waals surface area (Å²) in [5.41, 5.74) is 1.46. The Morgan fingerprint density at radius 1 is 1.00 bits per heavy atom. The highest BCUT2D eigenvalue weighted by Crippen LogP contribution is 2.23. The maximum Gasteiger partial charge on any atom is 0.254 e. The van der Waals surface area contributed by atoms with E-state index in [9.17, 15) is 9.18 Å². The second-order valence-corrected chi connectivity index (χ2v) is 6.29. The number of carbonyl (C=O) groups excluding carboxylic acids is 1. The smallest absolute Gasteiger partial charge is 0.254 e. The van der Waals surface area contributed by atoms with E-state index in [1.54, 1.807) is 12.1 Å². The standard InChI is InChI=1S/C19H18FN5O/c20-16-10-8-15(9-11-16)18-21-23-25(22-18)17(14-6-2-1-3-7-14)19(26)24-12-4-5-13-24/h1-3,6-11,17H,4-5,12-13H2/t17-/m1/s1.